The van der Waals surface area contributed by atoms with Gasteiger partial charge >= 0.3 is 0 Å². The second kappa shape index (κ2) is 8.71. The lowest BCUT2D eigenvalue weighted by Gasteiger charge is -2.36. The summed E-state index contributed by atoms with van der Waals surface area (Å²) in [6.07, 6.45) is 1.62. The van der Waals surface area contributed by atoms with Crippen molar-refractivity contribution in [3.8, 4) is 5.75 Å². The van der Waals surface area contributed by atoms with E-state index in [1.807, 2.05) is 19.2 Å². The van der Waals surface area contributed by atoms with Gasteiger partial charge in [0.15, 0.2) is 5.96 Å². The normalized spacial score (nSPS) is 16.0. The predicted molar refractivity (Wildman–Crippen MR) is 101 cm³/mol. The number of hydrogen-bond donors (Lipinski definition) is 1. The van der Waals surface area contributed by atoms with E-state index in [0.717, 1.165) is 62.2 Å². The SMILES string of the molecule is CN=C(NCc1ccc(OC)c(C)c1)N1CCN(Cc2ccon2)CC1. The van der Waals surface area contributed by atoms with Crippen LogP contribution in [0.25, 0.3) is 0 Å². The van der Waals surface area contributed by atoms with Gasteiger partial charge in [-0.2, -0.15) is 0 Å². The van der Waals surface area contributed by atoms with Crippen molar-refractivity contribution in [3.63, 3.8) is 0 Å². The highest BCUT2D eigenvalue weighted by Crippen LogP contribution is 2.18. The Morgan fingerprint density at radius 3 is 2.69 bits per heavy atom. The molecule has 1 saturated heterocycles. The van der Waals surface area contributed by atoms with Crippen molar-refractivity contribution in [3.05, 3.63) is 47.3 Å². The molecule has 0 aliphatic carbocycles. The van der Waals surface area contributed by atoms with Crippen LogP contribution in [0.4, 0.5) is 0 Å². The van der Waals surface area contributed by atoms with E-state index in [9.17, 15) is 0 Å². The third-order valence-corrected chi connectivity index (χ3v) is 4.67. The Morgan fingerprint density at radius 2 is 2.08 bits per heavy atom. The van der Waals surface area contributed by atoms with Crippen LogP contribution < -0.4 is 10.1 Å². The second-order valence-corrected chi connectivity index (χ2v) is 6.46. The fourth-order valence-electron chi connectivity index (χ4n) is 3.23. The van der Waals surface area contributed by atoms with Crippen LogP contribution in [0.1, 0.15) is 16.8 Å². The Morgan fingerprint density at radius 1 is 1.27 bits per heavy atom. The van der Waals surface area contributed by atoms with E-state index < -0.39 is 0 Å². The van der Waals surface area contributed by atoms with Crippen LogP contribution in [-0.4, -0.2) is 61.3 Å². The summed E-state index contributed by atoms with van der Waals surface area (Å²) in [6, 6.07) is 8.17. The zero-order valence-corrected chi connectivity index (χ0v) is 15.7. The number of aromatic nitrogens is 1. The van der Waals surface area contributed by atoms with Gasteiger partial charge in [-0.1, -0.05) is 17.3 Å². The van der Waals surface area contributed by atoms with E-state index >= 15 is 0 Å². The monoisotopic (exact) mass is 357 g/mol. The van der Waals surface area contributed by atoms with Crippen LogP contribution in [0.15, 0.2) is 40.0 Å². The summed E-state index contributed by atoms with van der Waals surface area (Å²) in [5.74, 6) is 1.86. The third kappa shape index (κ3) is 4.54. The van der Waals surface area contributed by atoms with Crippen molar-refractivity contribution in [2.75, 3.05) is 40.3 Å². The molecule has 0 spiro atoms. The molecule has 0 bridgehead atoms. The molecule has 7 heteroatoms. The molecule has 7 nitrogen and oxygen atoms in total. The highest BCUT2D eigenvalue weighted by Gasteiger charge is 2.20. The quantitative estimate of drug-likeness (QED) is 0.651. The summed E-state index contributed by atoms with van der Waals surface area (Å²) in [4.78, 5) is 9.13. The summed E-state index contributed by atoms with van der Waals surface area (Å²) >= 11 is 0. The summed E-state index contributed by atoms with van der Waals surface area (Å²) in [5, 5.41) is 7.46. The number of rotatable bonds is 5. The van der Waals surface area contributed by atoms with Crippen molar-refractivity contribution in [2.24, 2.45) is 4.99 Å². The van der Waals surface area contributed by atoms with Crippen molar-refractivity contribution in [2.45, 2.75) is 20.0 Å². The standard InChI is InChI=1S/C19H27N5O2/c1-15-12-16(4-5-18(15)25-3)13-21-19(20-2)24-9-7-23(8-10-24)14-17-6-11-26-22-17/h4-6,11-12H,7-10,13-14H2,1-3H3,(H,20,21). The van der Waals surface area contributed by atoms with Gasteiger partial charge in [-0.25, -0.2) is 0 Å². The summed E-state index contributed by atoms with van der Waals surface area (Å²) in [5.41, 5.74) is 3.34. The van der Waals surface area contributed by atoms with E-state index in [2.05, 4.69) is 44.3 Å². The Kier molecular flexibility index (Phi) is 6.12. The highest BCUT2D eigenvalue weighted by molar-refractivity contribution is 5.80. The summed E-state index contributed by atoms with van der Waals surface area (Å²) in [6.45, 7) is 7.49. The number of aliphatic imine (C=N–C) groups is 1. The van der Waals surface area contributed by atoms with Crippen molar-refractivity contribution in [1.29, 1.82) is 0 Å². The molecule has 0 amide bonds. The van der Waals surface area contributed by atoms with Crippen LogP contribution in [0, 0.1) is 6.92 Å². The number of benzene rings is 1. The van der Waals surface area contributed by atoms with Crippen LogP contribution in [0.3, 0.4) is 0 Å². The first-order valence-corrected chi connectivity index (χ1v) is 8.90. The summed E-state index contributed by atoms with van der Waals surface area (Å²) in [7, 11) is 3.54. The molecule has 1 aliphatic rings. The van der Waals surface area contributed by atoms with E-state index in [-0.39, 0.29) is 0 Å². The van der Waals surface area contributed by atoms with Gasteiger partial charge in [0.2, 0.25) is 0 Å². The number of methoxy groups -OCH3 is 1. The Hall–Kier alpha value is -2.54. The van der Waals surface area contributed by atoms with Crippen molar-refractivity contribution >= 4 is 5.96 Å². The fourth-order valence-corrected chi connectivity index (χ4v) is 3.23. The molecule has 2 aromatic rings. The smallest absolute Gasteiger partial charge is 0.194 e. The van der Waals surface area contributed by atoms with Gasteiger partial charge in [0, 0.05) is 52.4 Å². The van der Waals surface area contributed by atoms with E-state index in [0.29, 0.717) is 0 Å². The Balaban J connectivity index is 1.49. The molecule has 2 heterocycles. The van der Waals surface area contributed by atoms with E-state index in [4.69, 9.17) is 9.26 Å². The largest absolute Gasteiger partial charge is 0.496 e. The number of nitrogens with zero attached hydrogens (tertiary/aromatic N) is 4. The molecule has 1 N–H and O–H groups in total. The molecule has 1 aromatic carbocycles. The molecule has 26 heavy (non-hydrogen) atoms. The molecule has 0 saturated carbocycles. The average molecular weight is 357 g/mol. The zero-order chi connectivity index (χ0) is 18.4. The zero-order valence-electron chi connectivity index (χ0n) is 15.7. The van der Waals surface area contributed by atoms with E-state index in [1.165, 1.54) is 5.56 Å². The molecular formula is C19H27N5O2. The lowest BCUT2D eigenvalue weighted by Crippen LogP contribution is -2.52. The maximum Gasteiger partial charge on any atom is 0.194 e. The first-order chi connectivity index (χ1) is 12.7. The molecule has 1 fully saturated rings. The van der Waals surface area contributed by atoms with Gasteiger partial charge < -0.3 is 19.5 Å². The van der Waals surface area contributed by atoms with Crippen LogP contribution in [0.5, 0.6) is 5.75 Å². The minimum absolute atomic E-state index is 0.747. The van der Waals surface area contributed by atoms with Crippen LogP contribution in [-0.2, 0) is 13.1 Å². The lowest BCUT2D eigenvalue weighted by molar-refractivity contribution is 0.169. The van der Waals surface area contributed by atoms with Crippen LogP contribution >= 0.6 is 0 Å². The molecule has 140 valence electrons. The first kappa shape index (κ1) is 18.3. The molecule has 0 unspecified atom stereocenters. The third-order valence-electron chi connectivity index (χ3n) is 4.67. The first-order valence-electron chi connectivity index (χ1n) is 8.90. The van der Waals surface area contributed by atoms with Crippen molar-refractivity contribution in [1.82, 2.24) is 20.3 Å². The molecule has 3 rings (SSSR count). The maximum absolute atomic E-state index is 5.32. The fraction of sp³-hybridized carbons (Fsp3) is 0.474. The predicted octanol–water partition coefficient (Wildman–Crippen LogP) is 1.88. The van der Waals surface area contributed by atoms with Gasteiger partial charge in [-0.15, -0.1) is 0 Å². The van der Waals surface area contributed by atoms with E-state index in [1.54, 1.807) is 13.4 Å². The van der Waals surface area contributed by atoms with Gasteiger partial charge in [0.25, 0.3) is 0 Å². The molecule has 1 aromatic heterocycles. The Bertz CT molecular complexity index is 722. The number of guanidine groups is 1. The average Bonchev–Trinajstić information content (AvgIpc) is 3.16. The Labute approximate surface area is 154 Å². The topological polar surface area (TPSA) is 66.1 Å². The number of aryl methyl sites for hydroxylation is 1. The van der Waals surface area contributed by atoms with Crippen LogP contribution in [0.2, 0.25) is 0 Å². The maximum atomic E-state index is 5.32. The van der Waals surface area contributed by atoms with Gasteiger partial charge in [-0.05, 0) is 24.1 Å². The minimum Gasteiger partial charge on any atom is -0.496 e. The molecule has 0 atom stereocenters. The second-order valence-electron chi connectivity index (χ2n) is 6.46. The summed E-state index contributed by atoms with van der Waals surface area (Å²) < 4.78 is 10.2. The number of ether oxygens (including phenoxy) is 1. The number of nitrogens with one attached hydrogen (secondary N) is 1. The molecule has 1 aliphatic heterocycles. The number of piperazine rings is 1. The number of hydrogen-bond acceptors (Lipinski definition) is 5. The molecular weight excluding hydrogens is 330 g/mol. The minimum atomic E-state index is 0.747. The van der Waals surface area contributed by atoms with Gasteiger partial charge in [-0.3, -0.25) is 9.89 Å². The van der Waals surface area contributed by atoms with Gasteiger partial charge in [0.1, 0.15) is 12.0 Å². The molecule has 0 radical (unpaired) electrons. The van der Waals surface area contributed by atoms with Crippen molar-refractivity contribution < 1.29 is 9.26 Å². The highest BCUT2D eigenvalue weighted by atomic mass is 16.5. The van der Waals surface area contributed by atoms with Gasteiger partial charge in [0.05, 0.1) is 12.8 Å². The lowest BCUT2D eigenvalue weighted by atomic mass is 10.1.